The molecule has 0 aliphatic rings. The summed E-state index contributed by atoms with van der Waals surface area (Å²) in [5.74, 6) is -1.00. The van der Waals surface area contributed by atoms with Crippen LogP contribution in [0.15, 0.2) is 30.3 Å². The molecule has 0 saturated heterocycles. The highest BCUT2D eigenvalue weighted by molar-refractivity contribution is 5.71. The van der Waals surface area contributed by atoms with Gasteiger partial charge in [0, 0.05) is 12.3 Å². The second kappa shape index (κ2) is 7.48. The third kappa shape index (κ3) is 6.68. The molecule has 0 aromatic heterocycles. The van der Waals surface area contributed by atoms with Crippen LogP contribution >= 0.6 is 0 Å². The molecule has 0 unspecified atom stereocenters. The van der Waals surface area contributed by atoms with Gasteiger partial charge < -0.3 is 9.84 Å². The van der Waals surface area contributed by atoms with Crippen LogP contribution in [0.3, 0.4) is 0 Å². The Labute approximate surface area is 108 Å². The highest BCUT2D eigenvalue weighted by Gasteiger charge is 2.24. The van der Waals surface area contributed by atoms with Crippen LogP contribution in [0, 0.1) is 0 Å². The molecule has 0 atom stereocenters. The zero-order valence-electron chi connectivity index (χ0n) is 11.3. The average Bonchev–Trinajstić information content (AvgIpc) is 2.29. The summed E-state index contributed by atoms with van der Waals surface area (Å²) in [6, 6.07) is 9.99. The van der Waals surface area contributed by atoms with Crippen LogP contribution in [0.4, 0.5) is 0 Å². The summed E-state index contributed by atoms with van der Waals surface area (Å²) in [4.78, 5) is 20.2. The second-order valence-corrected chi connectivity index (χ2v) is 4.52. The van der Waals surface area contributed by atoms with Crippen LogP contribution in [0.25, 0.3) is 0 Å². The standard InChI is InChI=1S/C12H16O2.C2H4O2/c1-12(2,9-11(13)14-3)10-7-5-4-6-8-10;1-2(3)4/h4-8H,9H2,1-3H3;1H3,(H,3,4). The van der Waals surface area contributed by atoms with E-state index in [1.165, 1.54) is 7.11 Å². The SMILES string of the molecule is CC(=O)O.COC(=O)CC(C)(C)c1ccccc1. The maximum atomic E-state index is 11.2. The van der Waals surface area contributed by atoms with Crippen molar-refractivity contribution in [2.75, 3.05) is 7.11 Å². The number of carboxylic acid groups (broad SMARTS) is 1. The van der Waals surface area contributed by atoms with Gasteiger partial charge in [0.05, 0.1) is 13.5 Å². The normalized spacial score (nSPS) is 10.0. The number of carbonyl (C=O) groups is 2. The Morgan fingerprint density at radius 3 is 2.06 bits per heavy atom. The Morgan fingerprint density at radius 2 is 1.67 bits per heavy atom. The molecule has 0 bridgehead atoms. The summed E-state index contributed by atoms with van der Waals surface area (Å²) in [6.45, 7) is 5.17. The van der Waals surface area contributed by atoms with Gasteiger partial charge in [-0.05, 0) is 5.56 Å². The lowest BCUT2D eigenvalue weighted by molar-refractivity contribution is -0.142. The number of carboxylic acids is 1. The monoisotopic (exact) mass is 252 g/mol. The molecular weight excluding hydrogens is 232 g/mol. The summed E-state index contributed by atoms with van der Waals surface area (Å²) in [6.07, 6.45) is 0.410. The number of hydrogen-bond acceptors (Lipinski definition) is 3. The Bertz CT molecular complexity index is 378. The van der Waals surface area contributed by atoms with Crippen molar-refractivity contribution < 1.29 is 19.4 Å². The van der Waals surface area contributed by atoms with E-state index in [2.05, 4.69) is 4.74 Å². The summed E-state index contributed by atoms with van der Waals surface area (Å²) in [5.41, 5.74) is 0.999. The molecule has 1 aromatic carbocycles. The molecule has 1 aromatic rings. The lowest BCUT2D eigenvalue weighted by Gasteiger charge is -2.23. The quantitative estimate of drug-likeness (QED) is 0.840. The van der Waals surface area contributed by atoms with E-state index in [0.29, 0.717) is 6.42 Å². The molecule has 0 aliphatic carbocycles. The maximum absolute atomic E-state index is 11.2. The number of benzene rings is 1. The van der Waals surface area contributed by atoms with Crippen LogP contribution in [0.2, 0.25) is 0 Å². The molecule has 0 fully saturated rings. The van der Waals surface area contributed by atoms with Crippen molar-refractivity contribution in [2.45, 2.75) is 32.6 Å². The molecule has 18 heavy (non-hydrogen) atoms. The largest absolute Gasteiger partial charge is 0.481 e. The molecule has 0 aliphatic heterocycles. The number of esters is 1. The van der Waals surface area contributed by atoms with Crippen LogP contribution in [-0.2, 0) is 19.7 Å². The van der Waals surface area contributed by atoms with Gasteiger partial charge in [0.1, 0.15) is 0 Å². The van der Waals surface area contributed by atoms with Crippen molar-refractivity contribution >= 4 is 11.9 Å². The van der Waals surface area contributed by atoms with Crippen molar-refractivity contribution in [1.29, 1.82) is 0 Å². The lowest BCUT2D eigenvalue weighted by atomic mass is 9.82. The van der Waals surface area contributed by atoms with Gasteiger partial charge in [0.25, 0.3) is 5.97 Å². The Balaban J connectivity index is 0.000000631. The van der Waals surface area contributed by atoms with Gasteiger partial charge in [0.15, 0.2) is 0 Å². The molecule has 4 nitrogen and oxygen atoms in total. The second-order valence-electron chi connectivity index (χ2n) is 4.52. The minimum atomic E-state index is -0.833. The number of rotatable bonds is 3. The fraction of sp³-hybridized carbons (Fsp3) is 0.429. The predicted molar refractivity (Wildman–Crippen MR) is 69.4 cm³/mol. The molecule has 4 heteroatoms. The molecule has 0 radical (unpaired) electrons. The van der Waals surface area contributed by atoms with Crippen LogP contribution in [0.5, 0.6) is 0 Å². The first kappa shape index (κ1) is 16.2. The van der Waals surface area contributed by atoms with Crippen molar-refractivity contribution in [3.05, 3.63) is 35.9 Å². The average molecular weight is 252 g/mol. The van der Waals surface area contributed by atoms with Crippen molar-refractivity contribution in [3.8, 4) is 0 Å². The number of carbonyl (C=O) groups excluding carboxylic acids is 1. The summed E-state index contributed by atoms with van der Waals surface area (Å²) >= 11 is 0. The van der Waals surface area contributed by atoms with Gasteiger partial charge >= 0.3 is 5.97 Å². The highest BCUT2D eigenvalue weighted by atomic mass is 16.5. The Morgan fingerprint density at radius 1 is 1.22 bits per heavy atom. The first-order chi connectivity index (χ1) is 8.29. The number of ether oxygens (including phenoxy) is 1. The fourth-order valence-corrected chi connectivity index (χ4v) is 1.42. The Kier molecular flexibility index (Phi) is 6.71. The van der Waals surface area contributed by atoms with Crippen LogP contribution in [0.1, 0.15) is 32.8 Å². The number of aliphatic carboxylic acids is 1. The molecule has 0 amide bonds. The molecule has 0 spiro atoms. The maximum Gasteiger partial charge on any atom is 0.306 e. The number of hydrogen-bond donors (Lipinski definition) is 1. The van der Waals surface area contributed by atoms with E-state index in [9.17, 15) is 4.79 Å². The van der Waals surface area contributed by atoms with E-state index in [4.69, 9.17) is 9.90 Å². The van der Waals surface area contributed by atoms with Gasteiger partial charge in [-0.1, -0.05) is 44.2 Å². The van der Waals surface area contributed by atoms with E-state index < -0.39 is 5.97 Å². The zero-order chi connectivity index (χ0) is 14.2. The van der Waals surface area contributed by atoms with Crippen molar-refractivity contribution in [1.82, 2.24) is 0 Å². The molecule has 0 saturated carbocycles. The molecule has 1 rings (SSSR count). The topological polar surface area (TPSA) is 63.6 Å². The zero-order valence-corrected chi connectivity index (χ0v) is 11.3. The van der Waals surface area contributed by atoms with Gasteiger partial charge in [-0.25, -0.2) is 0 Å². The van der Waals surface area contributed by atoms with Crippen molar-refractivity contribution in [2.24, 2.45) is 0 Å². The summed E-state index contributed by atoms with van der Waals surface area (Å²) in [7, 11) is 1.42. The van der Waals surface area contributed by atoms with Gasteiger partial charge in [-0.3, -0.25) is 9.59 Å². The third-order valence-corrected chi connectivity index (χ3v) is 2.37. The molecule has 1 N–H and O–H groups in total. The van der Waals surface area contributed by atoms with Crippen LogP contribution < -0.4 is 0 Å². The predicted octanol–water partition coefficient (Wildman–Crippen LogP) is 2.62. The summed E-state index contributed by atoms with van der Waals surface area (Å²) < 4.78 is 4.67. The van der Waals surface area contributed by atoms with Gasteiger partial charge in [0.2, 0.25) is 0 Å². The highest BCUT2D eigenvalue weighted by Crippen LogP contribution is 2.26. The lowest BCUT2D eigenvalue weighted by Crippen LogP contribution is -2.22. The summed E-state index contributed by atoms with van der Waals surface area (Å²) in [5, 5.41) is 7.42. The third-order valence-electron chi connectivity index (χ3n) is 2.37. The van der Waals surface area contributed by atoms with E-state index >= 15 is 0 Å². The van der Waals surface area contributed by atoms with E-state index in [0.717, 1.165) is 12.5 Å². The fourth-order valence-electron chi connectivity index (χ4n) is 1.42. The Hall–Kier alpha value is -1.84. The minimum absolute atomic E-state index is 0.158. The molecular formula is C14H20O4. The van der Waals surface area contributed by atoms with E-state index in [-0.39, 0.29) is 11.4 Å². The van der Waals surface area contributed by atoms with E-state index in [1.807, 2.05) is 44.2 Å². The van der Waals surface area contributed by atoms with Crippen LogP contribution in [-0.4, -0.2) is 24.2 Å². The van der Waals surface area contributed by atoms with Gasteiger partial charge in [-0.2, -0.15) is 0 Å². The van der Waals surface area contributed by atoms with E-state index in [1.54, 1.807) is 0 Å². The first-order valence-corrected chi connectivity index (χ1v) is 5.61. The number of methoxy groups -OCH3 is 1. The van der Waals surface area contributed by atoms with Crippen molar-refractivity contribution in [3.63, 3.8) is 0 Å². The molecule has 0 heterocycles. The molecule has 100 valence electrons. The minimum Gasteiger partial charge on any atom is -0.481 e. The van der Waals surface area contributed by atoms with Gasteiger partial charge in [-0.15, -0.1) is 0 Å². The smallest absolute Gasteiger partial charge is 0.306 e. The first-order valence-electron chi connectivity index (χ1n) is 5.61.